The summed E-state index contributed by atoms with van der Waals surface area (Å²) in [6.45, 7) is 0.735. The van der Waals surface area contributed by atoms with Crippen LogP contribution in [0.25, 0.3) is 0 Å². The van der Waals surface area contributed by atoms with Crippen LogP contribution in [0.1, 0.15) is 12.8 Å². The smallest absolute Gasteiger partial charge is 0.303 e. The van der Waals surface area contributed by atoms with Crippen LogP contribution in [0.5, 0.6) is 0 Å². The van der Waals surface area contributed by atoms with Gasteiger partial charge in [0.25, 0.3) is 0 Å². The molecule has 0 bridgehead atoms. The fourth-order valence-electron chi connectivity index (χ4n) is 2.06. The van der Waals surface area contributed by atoms with Crippen molar-refractivity contribution >= 4 is 23.4 Å². The molecule has 0 saturated heterocycles. The lowest BCUT2D eigenvalue weighted by Crippen LogP contribution is -2.19. The van der Waals surface area contributed by atoms with Crippen molar-refractivity contribution in [3.05, 3.63) is 54.6 Å². The van der Waals surface area contributed by atoms with Gasteiger partial charge in [-0.2, -0.15) is 0 Å². The fraction of sp³-hybridized carbons (Fsp3) is 0.235. The molecular formula is C17H19NO2S. The Labute approximate surface area is 129 Å². The fourth-order valence-corrected chi connectivity index (χ4v) is 3.08. The van der Waals surface area contributed by atoms with E-state index in [0.29, 0.717) is 6.42 Å². The number of para-hydroxylation sites is 1. The molecule has 1 N–H and O–H groups in total. The minimum atomic E-state index is -0.740. The highest BCUT2D eigenvalue weighted by Gasteiger charge is 2.09. The molecule has 0 heterocycles. The molecule has 0 saturated carbocycles. The van der Waals surface area contributed by atoms with Gasteiger partial charge in [-0.25, -0.2) is 0 Å². The summed E-state index contributed by atoms with van der Waals surface area (Å²) in [7, 11) is 2.01. The summed E-state index contributed by atoms with van der Waals surface area (Å²) >= 11 is 1.72. The number of carboxylic acids is 1. The highest BCUT2D eigenvalue weighted by atomic mass is 32.2. The summed E-state index contributed by atoms with van der Waals surface area (Å²) < 4.78 is 0. The maximum atomic E-state index is 10.6. The lowest BCUT2D eigenvalue weighted by molar-refractivity contribution is -0.137. The highest BCUT2D eigenvalue weighted by Crippen LogP contribution is 2.34. The Morgan fingerprint density at radius 2 is 1.76 bits per heavy atom. The molecule has 2 aromatic rings. The van der Waals surface area contributed by atoms with Crippen molar-refractivity contribution in [1.82, 2.24) is 0 Å². The Hall–Kier alpha value is -1.94. The van der Waals surface area contributed by atoms with Crippen LogP contribution in [-0.2, 0) is 4.79 Å². The van der Waals surface area contributed by atoms with Gasteiger partial charge in [-0.1, -0.05) is 42.1 Å². The van der Waals surface area contributed by atoms with Crippen molar-refractivity contribution in [3.8, 4) is 0 Å². The Bertz CT molecular complexity index is 586. The molecule has 0 spiro atoms. The van der Waals surface area contributed by atoms with Gasteiger partial charge < -0.3 is 10.0 Å². The van der Waals surface area contributed by atoms with Gasteiger partial charge in [-0.05, 0) is 30.7 Å². The zero-order valence-electron chi connectivity index (χ0n) is 12.0. The van der Waals surface area contributed by atoms with Gasteiger partial charge in [0.15, 0.2) is 0 Å². The number of hydrogen-bond acceptors (Lipinski definition) is 3. The molecular weight excluding hydrogens is 282 g/mol. The van der Waals surface area contributed by atoms with E-state index < -0.39 is 5.97 Å². The summed E-state index contributed by atoms with van der Waals surface area (Å²) in [6, 6.07) is 18.5. The number of carboxylic acid groups (broad SMARTS) is 1. The van der Waals surface area contributed by atoms with Gasteiger partial charge in [0.2, 0.25) is 0 Å². The molecule has 0 atom stereocenters. The first-order chi connectivity index (χ1) is 10.2. The number of rotatable bonds is 7. The van der Waals surface area contributed by atoms with Gasteiger partial charge in [-0.15, -0.1) is 0 Å². The second-order valence-corrected chi connectivity index (χ2v) is 5.92. The normalized spacial score (nSPS) is 10.3. The molecule has 3 nitrogen and oxygen atoms in total. The van der Waals surface area contributed by atoms with Gasteiger partial charge >= 0.3 is 5.97 Å². The molecule has 110 valence electrons. The molecule has 4 heteroatoms. The first kappa shape index (κ1) is 15.4. The molecule has 0 amide bonds. The van der Waals surface area contributed by atoms with Crippen LogP contribution < -0.4 is 4.90 Å². The first-order valence-electron chi connectivity index (χ1n) is 6.91. The minimum absolute atomic E-state index is 0.207. The van der Waals surface area contributed by atoms with Crippen LogP contribution in [-0.4, -0.2) is 24.7 Å². The summed E-state index contributed by atoms with van der Waals surface area (Å²) in [6.07, 6.45) is 0.856. The van der Waals surface area contributed by atoms with Crippen LogP contribution in [0, 0.1) is 0 Å². The Morgan fingerprint density at radius 3 is 2.48 bits per heavy atom. The quantitative estimate of drug-likeness (QED) is 0.834. The maximum Gasteiger partial charge on any atom is 0.303 e. The third kappa shape index (κ3) is 4.83. The average Bonchev–Trinajstić information content (AvgIpc) is 2.48. The van der Waals surface area contributed by atoms with E-state index in [4.69, 9.17) is 5.11 Å². The molecule has 0 aliphatic carbocycles. The van der Waals surface area contributed by atoms with Crippen molar-refractivity contribution in [2.45, 2.75) is 22.6 Å². The van der Waals surface area contributed by atoms with Gasteiger partial charge in [-0.3, -0.25) is 4.79 Å². The third-order valence-electron chi connectivity index (χ3n) is 3.13. The molecule has 0 radical (unpaired) electrons. The maximum absolute atomic E-state index is 10.6. The van der Waals surface area contributed by atoms with Crippen LogP contribution >= 0.6 is 11.8 Å². The van der Waals surface area contributed by atoms with Gasteiger partial charge in [0.05, 0.1) is 5.69 Å². The molecule has 2 aromatic carbocycles. The van der Waals surface area contributed by atoms with Crippen LogP contribution in [0.15, 0.2) is 64.4 Å². The van der Waals surface area contributed by atoms with Crippen molar-refractivity contribution in [1.29, 1.82) is 0 Å². The molecule has 21 heavy (non-hydrogen) atoms. The Morgan fingerprint density at radius 1 is 1.10 bits per heavy atom. The third-order valence-corrected chi connectivity index (χ3v) is 4.20. The zero-order chi connectivity index (χ0) is 15.1. The van der Waals surface area contributed by atoms with Crippen LogP contribution in [0.2, 0.25) is 0 Å². The molecule has 0 aromatic heterocycles. The van der Waals surface area contributed by atoms with E-state index in [-0.39, 0.29) is 6.42 Å². The summed E-state index contributed by atoms with van der Waals surface area (Å²) in [4.78, 5) is 15.1. The van der Waals surface area contributed by atoms with Gasteiger partial charge in [0, 0.05) is 29.8 Å². The molecule has 0 unspecified atom stereocenters. The SMILES string of the molecule is CN(CCCC(=O)O)c1ccccc1Sc1ccccc1. The van der Waals surface area contributed by atoms with Gasteiger partial charge in [0.1, 0.15) is 0 Å². The lowest BCUT2D eigenvalue weighted by Gasteiger charge is -2.22. The van der Waals surface area contributed by atoms with Crippen LogP contribution in [0.3, 0.4) is 0 Å². The number of carbonyl (C=O) groups is 1. The van der Waals surface area contributed by atoms with Crippen molar-refractivity contribution in [2.24, 2.45) is 0 Å². The second-order valence-electron chi connectivity index (χ2n) is 4.80. The topological polar surface area (TPSA) is 40.5 Å². The predicted octanol–water partition coefficient (Wildman–Crippen LogP) is 4.14. The monoisotopic (exact) mass is 301 g/mol. The van der Waals surface area contributed by atoms with E-state index in [9.17, 15) is 4.79 Å². The van der Waals surface area contributed by atoms with Crippen molar-refractivity contribution in [3.63, 3.8) is 0 Å². The number of hydrogen-bond donors (Lipinski definition) is 1. The lowest BCUT2D eigenvalue weighted by atomic mass is 10.2. The average molecular weight is 301 g/mol. The Balaban J connectivity index is 2.07. The van der Waals surface area contributed by atoms with Crippen molar-refractivity contribution < 1.29 is 9.90 Å². The predicted molar refractivity (Wildman–Crippen MR) is 87.1 cm³/mol. The molecule has 2 rings (SSSR count). The molecule has 0 aliphatic rings. The highest BCUT2D eigenvalue weighted by molar-refractivity contribution is 7.99. The van der Waals surface area contributed by atoms with E-state index >= 15 is 0 Å². The summed E-state index contributed by atoms with van der Waals surface area (Å²) in [5, 5.41) is 8.72. The summed E-state index contributed by atoms with van der Waals surface area (Å²) in [5.41, 5.74) is 1.14. The molecule has 0 fully saturated rings. The van der Waals surface area contributed by atoms with E-state index in [0.717, 1.165) is 12.2 Å². The zero-order valence-corrected chi connectivity index (χ0v) is 12.8. The number of aliphatic carboxylic acids is 1. The van der Waals surface area contributed by atoms with E-state index in [1.54, 1.807) is 11.8 Å². The largest absolute Gasteiger partial charge is 0.481 e. The first-order valence-corrected chi connectivity index (χ1v) is 7.73. The van der Waals surface area contributed by atoms with Crippen LogP contribution in [0.4, 0.5) is 5.69 Å². The Kier molecular flexibility index (Phi) is 5.69. The minimum Gasteiger partial charge on any atom is -0.481 e. The van der Waals surface area contributed by atoms with E-state index in [1.165, 1.54) is 9.79 Å². The van der Waals surface area contributed by atoms with E-state index in [1.807, 2.05) is 37.4 Å². The van der Waals surface area contributed by atoms with E-state index in [2.05, 4.69) is 29.2 Å². The molecule has 0 aliphatic heterocycles. The number of benzene rings is 2. The second kappa shape index (κ2) is 7.74. The number of anilines is 1. The van der Waals surface area contributed by atoms with Crippen molar-refractivity contribution in [2.75, 3.05) is 18.5 Å². The standard InChI is InChI=1S/C17H19NO2S/c1-18(13-7-12-17(19)20)15-10-5-6-11-16(15)21-14-8-3-2-4-9-14/h2-6,8-11H,7,12-13H2,1H3,(H,19,20). The summed E-state index contributed by atoms with van der Waals surface area (Å²) in [5.74, 6) is -0.740. The number of nitrogens with zero attached hydrogens (tertiary/aromatic N) is 1.